The van der Waals surface area contributed by atoms with Crippen molar-refractivity contribution in [3.8, 4) is 16.8 Å². The zero-order valence-electron chi connectivity index (χ0n) is 17.9. The molecule has 6 rings (SSSR count). The summed E-state index contributed by atoms with van der Waals surface area (Å²) in [5.74, 6) is 0.941. The zero-order chi connectivity index (χ0) is 20.9. The van der Waals surface area contributed by atoms with Crippen molar-refractivity contribution < 1.29 is 0 Å². The molecule has 0 N–H and O–H groups in total. The number of likely N-dealkylation sites (tertiary alicyclic amines) is 1. The average molecular weight is 408 g/mol. The van der Waals surface area contributed by atoms with Gasteiger partial charge in [0.05, 0.1) is 17.8 Å². The van der Waals surface area contributed by atoms with Crippen molar-refractivity contribution in [2.45, 2.75) is 38.8 Å². The van der Waals surface area contributed by atoms with Crippen LogP contribution in [0.25, 0.3) is 16.8 Å². The maximum atomic E-state index is 4.55. The summed E-state index contributed by atoms with van der Waals surface area (Å²) in [6, 6.07) is 24.4. The number of hydrogen-bond donors (Lipinski definition) is 0. The van der Waals surface area contributed by atoms with Crippen molar-refractivity contribution in [2.24, 2.45) is 0 Å². The summed E-state index contributed by atoms with van der Waals surface area (Å²) in [7, 11) is 0. The van der Waals surface area contributed by atoms with E-state index in [9.17, 15) is 0 Å². The summed E-state index contributed by atoms with van der Waals surface area (Å²) in [5, 5.41) is 13.1. The third-order valence-electron chi connectivity index (χ3n) is 6.87. The molecule has 0 saturated carbocycles. The maximum absolute atomic E-state index is 4.55. The summed E-state index contributed by atoms with van der Waals surface area (Å²) >= 11 is 0. The van der Waals surface area contributed by atoms with E-state index in [0.29, 0.717) is 0 Å². The quantitative estimate of drug-likeness (QED) is 0.469. The number of aryl methyl sites for hydroxylation is 2. The molecule has 2 heterocycles. The van der Waals surface area contributed by atoms with Crippen molar-refractivity contribution in [2.75, 3.05) is 6.54 Å². The third kappa shape index (κ3) is 2.77. The van der Waals surface area contributed by atoms with Gasteiger partial charge in [-0.3, -0.25) is 4.90 Å². The molecule has 2 aliphatic rings. The number of aromatic nitrogens is 4. The second kappa shape index (κ2) is 7.13. The Bertz CT molecular complexity index is 1210. The van der Waals surface area contributed by atoms with Gasteiger partial charge in [0, 0.05) is 0 Å². The van der Waals surface area contributed by atoms with Crippen LogP contribution < -0.4 is 0 Å². The van der Waals surface area contributed by atoms with Gasteiger partial charge in [-0.05, 0) is 77.0 Å². The highest BCUT2D eigenvalue weighted by molar-refractivity contribution is 5.78. The van der Waals surface area contributed by atoms with E-state index in [-0.39, 0.29) is 12.1 Å². The van der Waals surface area contributed by atoms with Crippen LogP contribution in [0.4, 0.5) is 0 Å². The highest BCUT2D eigenvalue weighted by Gasteiger charge is 2.41. The summed E-state index contributed by atoms with van der Waals surface area (Å²) in [6.45, 7) is 5.30. The summed E-state index contributed by atoms with van der Waals surface area (Å²) in [4.78, 5) is 2.61. The molecule has 0 unspecified atom stereocenters. The molecule has 5 nitrogen and oxygen atoms in total. The Labute approximate surface area is 182 Å². The van der Waals surface area contributed by atoms with E-state index in [4.69, 9.17) is 0 Å². The molecular formula is C26H25N5. The SMILES string of the molecule is Cc1cccc(C)c1-n1nnnc1[C@@H]1CCCN1C1c2ccccc2-c2ccccc21. The van der Waals surface area contributed by atoms with Crippen molar-refractivity contribution in [1.29, 1.82) is 0 Å². The van der Waals surface area contributed by atoms with Gasteiger partial charge < -0.3 is 0 Å². The number of rotatable bonds is 3. The lowest BCUT2D eigenvalue weighted by molar-refractivity contribution is 0.202. The number of para-hydroxylation sites is 1. The van der Waals surface area contributed by atoms with Crippen LogP contribution in [-0.2, 0) is 0 Å². The summed E-state index contributed by atoms with van der Waals surface area (Å²) in [5.41, 5.74) is 8.96. The summed E-state index contributed by atoms with van der Waals surface area (Å²) in [6.07, 6.45) is 2.21. The Morgan fingerprint density at radius 3 is 2.13 bits per heavy atom. The number of fused-ring (bicyclic) bond motifs is 3. The minimum Gasteiger partial charge on any atom is -0.282 e. The van der Waals surface area contributed by atoms with Crippen LogP contribution >= 0.6 is 0 Å². The van der Waals surface area contributed by atoms with Gasteiger partial charge in [0.2, 0.25) is 0 Å². The molecule has 0 bridgehead atoms. The maximum Gasteiger partial charge on any atom is 0.173 e. The molecule has 0 spiro atoms. The number of hydrogen-bond acceptors (Lipinski definition) is 4. The minimum absolute atomic E-state index is 0.179. The van der Waals surface area contributed by atoms with E-state index in [0.717, 1.165) is 30.9 Å². The van der Waals surface area contributed by atoms with Gasteiger partial charge >= 0.3 is 0 Å². The van der Waals surface area contributed by atoms with Gasteiger partial charge in [-0.25, -0.2) is 0 Å². The molecule has 31 heavy (non-hydrogen) atoms. The lowest BCUT2D eigenvalue weighted by atomic mass is 10.0. The first kappa shape index (κ1) is 18.5. The average Bonchev–Trinajstić information content (AvgIpc) is 3.50. The predicted octanol–water partition coefficient (Wildman–Crippen LogP) is 5.19. The predicted molar refractivity (Wildman–Crippen MR) is 121 cm³/mol. The smallest absolute Gasteiger partial charge is 0.173 e. The monoisotopic (exact) mass is 407 g/mol. The Balaban J connectivity index is 1.47. The zero-order valence-corrected chi connectivity index (χ0v) is 17.9. The van der Waals surface area contributed by atoms with Crippen LogP contribution in [-0.4, -0.2) is 31.7 Å². The lowest BCUT2D eigenvalue weighted by Gasteiger charge is -2.31. The number of tetrazole rings is 1. The normalized spacial score (nSPS) is 18.3. The van der Waals surface area contributed by atoms with Crippen molar-refractivity contribution >= 4 is 0 Å². The van der Waals surface area contributed by atoms with Crippen molar-refractivity contribution in [3.05, 3.63) is 94.8 Å². The molecule has 0 radical (unpaired) electrons. The van der Waals surface area contributed by atoms with E-state index >= 15 is 0 Å². The second-order valence-electron chi connectivity index (χ2n) is 8.66. The van der Waals surface area contributed by atoms with Crippen molar-refractivity contribution in [1.82, 2.24) is 25.1 Å². The van der Waals surface area contributed by atoms with Crippen LogP contribution in [0.5, 0.6) is 0 Å². The Hall–Kier alpha value is -3.31. The largest absolute Gasteiger partial charge is 0.282 e. The molecule has 4 aromatic rings. The first-order valence-electron chi connectivity index (χ1n) is 11.0. The Morgan fingerprint density at radius 2 is 1.45 bits per heavy atom. The topological polar surface area (TPSA) is 46.8 Å². The van der Waals surface area contributed by atoms with Gasteiger partial charge in [-0.15, -0.1) is 5.10 Å². The lowest BCUT2D eigenvalue weighted by Crippen LogP contribution is -2.30. The van der Waals surface area contributed by atoms with E-state index in [1.165, 1.54) is 33.4 Å². The molecule has 1 fully saturated rings. The highest BCUT2D eigenvalue weighted by Crippen LogP contribution is 2.50. The fourth-order valence-electron chi connectivity index (χ4n) is 5.56. The standard InChI is InChI=1S/C26H25N5/c1-17-9-7-10-18(2)24(17)31-26(27-28-29-31)23-15-8-16-30(23)25-21-13-5-3-11-19(21)20-12-4-6-14-22(20)25/h3-7,9-14,23,25H,8,15-16H2,1-2H3/t23-/m0/s1. The fraction of sp³-hybridized carbons (Fsp3) is 0.269. The van der Waals surface area contributed by atoms with Crippen LogP contribution in [0.3, 0.4) is 0 Å². The molecule has 3 aromatic carbocycles. The molecule has 1 atom stereocenters. The number of benzene rings is 3. The molecule has 1 saturated heterocycles. The first-order chi connectivity index (χ1) is 15.2. The number of nitrogens with zero attached hydrogens (tertiary/aromatic N) is 5. The molecular weight excluding hydrogens is 382 g/mol. The fourth-order valence-corrected chi connectivity index (χ4v) is 5.56. The van der Waals surface area contributed by atoms with E-state index in [2.05, 4.69) is 101 Å². The van der Waals surface area contributed by atoms with Gasteiger partial charge in [-0.2, -0.15) is 4.68 Å². The Kier molecular flexibility index (Phi) is 4.25. The minimum atomic E-state index is 0.179. The molecule has 154 valence electrons. The van der Waals surface area contributed by atoms with Crippen LogP contribution in [0.2, 0.25) is 0 Å². The van der Waals surface area contributed by atoms with E-state index in [1.807, 2.05) is 4.68 Å². The van der Waals surface area contributed by atoms with E-state index in [1.54, 1.807) is 0 Å². The second-order valence-corrected chi connectivity index (χ2v) is 8.66. The van der Waals surface area contributed by atoms with Crippen LogP contribution in [0.1, 0.15) is 53.0 Å². The van der Waals surface area contributed by atoms with Gasteiger partial charge in [0.25, 0.3) is 0 Å². The van der Waals surface area contributed by atoms with Crippen LogP contribution in [0, 0.1) is 13.8 Å². The van der Waals surface area contributed by atoms with E-state index < -0.39 is 0 Å². The van der Waals surface area contributed by atoms with Gasteiger partial charge in [0.15, 0.2) is 5.82 Å². The molecule has 1 aromatic heterocycles. The van der Waals surface area contributed by atoms with Gasteiger partial charge in [-0.1, -0.05) is 66.7 Å². The molecule has 1 aliphatic carbocycles. The molecule has 1 aliphatic heterocycles. The van der Waals surface area contributed by atoms with Crippen molar-refractivity contribution in [3.63, 3.8) is 0 Å². The summed E-state index contributed by atoms with van der Waals surface area (Å²) < 4.78 is 1.97. The Morgan fingerprint density at radius 1 is 0.806 bits per heavy atom. The highest BCUT2D eigenvalue weighted by atomic mass is 15.6. The van der Waals surface area contributed by atoms with Crippen LogP contribution in [0.15, 0.2) is 66.7 Å². The third-order valence-corrected chi connectivity index (χ3v) is 6.87. The molecule has 5 heteroatoms. The van der Waals surface area contributed by atoms with Gasteiger partial charge in [0.1, 0.15) is 0 Å². The first-order valence-corrected chi connectivity index (χ1v) is 11.0. The molecule has 0 amide bonds.